The van der Waals surface area contributed by atoms with Gasteiger partial charge in [0.05, 0.1) is 6.07 Å². The fourth-order valence-electron chi connectivity index (χ4n) is 1.49. The predicted molar refractivity (Wildman–Crippen MR) is 66.4 cm³/mol. The number of nitrogens with one attached hydrogen (secondary N) is 1. The molecule has 0 saturated carbocycles. The molecule has 1 aromatic heterocycles. The van der Waals surface area contributed by atoms with E-state index >= 15 is 0 Å². The first-order chi connectivity index (χ1) is 7.97. The van der Waals surface area contributed by atoms with Crippen LogP contribution < -0.4 is 5.32 Å². The third-order valence-electron chi connectivity index (χ3n) is 2.27. The summed E-state index contributed by atoms with van der Waals surface area (Å²) in [5.41, 5.74) is -0.493. The van der Waals surface area contributed by atoms with Gasteiger partial charge in [-0.2, -0.15) is 5.26 Å². The molecule has 0 aliphatic rings. The number of aromatic nitrogens is 4. The summed E-state index contributed by atoms with van der Waals surface area (Å²) < 4.78 is 1.63. The number of hydrogen-bond donors (Lipinski definition) is 1. The molecule has 0 spiro atoms. The first kappa shape index (κ1) is 13.9. The van der Waals surface area contributed by atoms with Gasteiger partial charge in [0.25, 0.3) is 0 Å². The summed E-state index contributed by atoms with van der Waals surface area (Å²) in [6.07, 6.45) is 0.749. The third-order valence-corrected chi connectivity index (χ3v) is 3.28. The van der Waals surface area contributed by atoms with E-state index in [-0.39, 0.29) is 0 Å². The standard InChI is InChI=1S/C10H18N6S/c1-8(2)12-10(3,7-11)5-6-17-9-13-14-15-16(9)4/h8,12H,5-6H2,1-4H3. The summed E-state index contributed by atoms with van der Waals surface area (Å²) in [6, 6.07) is 2.61. The number of hydrogen-bond acceptors (Lipinski definition) is 6. The lowest BCUT2D eigenvalue weighted by Gasteiger charge is -2.25. The van der Waals surface area contributed by atoms with E-state index in [9.17, 15) is 5.26 Å². The van der Waals surface area contributed by atoms with E-state index in [2.05, 4.69) is 26.9 Å². The molecule has 0 aliphatic carbocycles. The van der Waals surface area contributed by atoms with Crippen molar-refractivity contribution < 1.29 is 0 Å². The zero-order valence-electron chi connectivity index (χ0n) is 10.6. The SMILES string of the molecule is CC(C)NC(C)(C#N)CCSc1nnnn1C. The van der Waals surface area contributed by atoms with E-state index in [4.69, 9.17) is 0 Å². The Bertz CT molecular complexity index is 396. The van der Waals surface area contributed by atoms with Gasteiger partial charge in [0.1, 0.15) is 5.54 Å². The molecule has 0 radical (unpaired) electrons. The third kappa shape index (κ3) is 4.32. The predicted octanol–water partition coefficient (Wildman–Crippen LogP) is 0.973. The number of nitriles is 1. The van der Waals surface area contributed by atoms with E-state index in [0.29, 0.717) is 6.04 Å². The Kier molecular flexibility index (Phi) is 4.90. The molecule has 17 heavy (non-hydrogen) atoms. The number of thioether (sulfide) groups is 1. The molecule has 1 N–H and O–H groups in total. The molecule has 0 aliphatic heterocycles. The van der Waals surface area contributed by atoms with Gasteiger partial charge >= 0.3 is 0 Å². The van der Waals surface area contributed by atoms with Crippen LogP contribution in [0.15, 0.2) is 5.16 Å². The number of nitrogens with zero attached hydrogens (tertiary/aromatic N) is 5. The molecule has 1 unspecified atom stereocenters. The topological polar surface area (TPSA) is 79.4 Å². The molecule has 0 amide bonds. The van der Waals surface area contributed by atoms with Crippen molar-refractivity contribution in [1.82, 2.24) is 25.5 Å². The van der Waals surface area contributed by atoms with Gasteiger partial charge in [-0.05, 0) is 37.6 Å². The van der Waals surface area contributed by atoms with Crippen LogP contribution in [0.2, 0.25) is 0 Å². The van der Waals surface area contributed by atoms with Crippen molar-refractivity contribution in [2.75, 3.05) is 5.75 Å². The Balaban J connectivity index is 2.44. The maximum Gasteiger partial charge on any atom is 0.209 e. The fourth-order valence-corrected chi connectivity index (χ4v) is 2.50. The first-order valence-corrected chi connectivity index (χ1v) is 6.49. The lowest BCUT2D eigenvalue weighted by Crippen LogP contribution is -2.45. The second-order valence-electron chi connectivity index (χ2n) is 4.43. The summed E-state index contributed by atoms with van der Waals surface area (Å²) in [4.78, 5) is 0. The second kappa shape index (κ2) is 5.98. The highest BCUT2D eigenvalue weighted by molar-refractivity contribution is 7.99. The summed E-state index contributed by atoms with van der Waals surface area (Å²) >= 11 is 1.56. The van der Waals surface area contributed by atoms with Gasteiger partial charge in [-0.25, -0.2) is 4.68 Å². The summed E-state index contributed by atoms with van der Waals surface area (Å²) in [7, 11) is 1.80. The molecular weight excluding hydrogens is 236 g/mol. The summed E-state index contributed by atoms with van der Waals surface area (Å²) in [6.45, 7) is 5.99. The normalized spacial score (nSPS) is 14.6. The van der Waals surface area contributed by atoms with Gasteiger partial charge in [0.2, 0.25) is 5.16 Å². The average molecular weight is 254 g/mol. The molecule has 1 heterocycles. The van der Waals surface area contributed by atoms with Gasteiger partial charge in [-0.15, -0.1) is 5.10 Å². The van der Waals surface area contributed by atoms with E-state index in [0.717, 1.165) is 17.3 Å². The van der Waals surface area contributed by atoms with Crippen molar-refractivity contribution in [2.45, 2.75) is 43.9 Å². The summed E-state index contributed by atoms with van der Waals surface area (Å²) in [5, 5.41) is 24.4. The smallest absolute Gasteiger partial charge is 0.209 e. The van der Waals surface area contributed by atoms with Crippen LogP contribution in [0, 0.1) is 11.3 Å². The number of aryl methyl sites for hydroxylation is 1. The van der Waals surface area contributed by atoms with E-state index in [1.165, 1.54) is 0 Å². The monoisotopic (exact) mass is 254 g/mol. The van der Waals surface area contributed by atoms with Crippen LogP contribution in [0.3, 0.4) is 0 Å². The Morgan fingerprint density at radius 2 is 2.29 bits per heavy atom. The maximum absolute atomic E-state index is 9.18. The molecule has 0 fully saturated rings. The Morgan fingerprint density at radius 1 is 1.59 bits per heavy atom. The van der Waals surface area contributed by atoms with E-state index in [1.54, 1.807) is 23.5 Å². The van der Waals surface area contributed by atoms with Crippen LogP contribution in [0.25, 0.3) is 0 Å². The van der Waals surface area contributed by atoms with Crippen LogP contribution in [-0.2, 0) is 7.05 Å². The van der Waals surface area contributed by atoms with Crippen molar-refractivity contribution in [3.63, 3.8) is 0 Å². The Morgan fingerprint density at radius 3 is 2.76 bits per heavy atom. The minimum atomic E-state index is -0.493. The molecule has 1 aromatic rings. The van der Waals surface area contributed by atoms with Gasteiger partial charge in [-0.1, -0.05) is 11.8 Å². The number of tetrazole rings is 1. The van der Waals surface area contributed by atoms with E-state index in [1.807, 2.05) is 20.8 Å². The molecule has 6 nitrogen and oxygen atoms in total. The van der Waals surface area contributed by atoms with Gasteiger partial charge in [-0.3, -0.25) is 5.32 Å². The minimum absolute atomic E-state index is 0.293. The zero-order valence-corrected chi connectivity index (χ0v) is 11.5. The number of rotatable bonds is 6. The van der Waals surface area contributed by atoms with Crippen molar-refractivity contribution in [3.8, 4) is 6.07 Å². The molecule has 94 valence electrons. The lowest BCUT2D eigenvalue weighted by molar-refractivity contribution is 0.397. The molecule has 7 heteroatoms. The van der Waals surface area contributed by atoms with Crippen molar-refractivity contribution in [1.29, 1.82) is 5.26 Å². The molecule has 0 saturated heterocycles. The molecular formula is C10H18N6S. The van der Waals surface area contributed by atoms with E-state index < -0.39 is 5.54 Å². The highest BCUT2D eigenvalue weighted by atomic mass is 32.2. The lowest BCUT2D eigenvalue weighted by atomic mass is 10.0. The zero-order chi connectivity index (χ0) is 12.9. The molecule has 0 bridgehead atoms. The van der Waals surface area contributed by atoms with Crippen molar-refractivity contribution in [2.24, 2.45) is 7.05 Å². The maximum atomic E-state index is 9.18. The van der Waals surface area contributed by atoms with Crippen LogP contribution in [0.5, 0.6) is 0 Å². The highest BCUT2D eigenvalue weighted by Crippen LogP contribution is 2.19. The highest BCUT2D eigenvalue weighted by Gasteiger charge is 2.24. The first-order valence-electron chi connectivity index (χ1n) is 5.51. The largest absolute Gasteiger partial charge is 0.297 e. The molecule has 1 atom stereocenters. The van der Waals surface area contributed by atoms with Gasteiger partial charge < -0.3 is 0 Å². The van der Waals surface area contributed by atoms with Crippen LogP contribution in [0.1, 0.15) is 27.2 Å². The van der Waals surface area contributed by atoms with Crippen LogP contribution >= 0.6 is 11.8 Å². The Labute approximate surface area is 106 Å². The van der Waals surface area contributed by atoms with Crippen LogP contribution in [-0.4, -0.2) is 37.5 Å². The second-order valence-corrected chi connectivity index (χ2v) is 5.49. The summed E-state index contributed by atoms with van der Waals surface area (Å²) in [5.74, 6) is 0.804. The van der Waals surface area contributed by atoms with Crippen molar-refractivity contribution in [3.05, 3.63) is 0 Å². The van der Waals surface area contributed by atoms with Gasteiger partial charge in [0.15, 0.2) is 0 Å². The quantitative estimate of drug-likeness (QED) is 0.762. The molecule has 1 rings (SSSR count). The Hall–Kier alpha value is -1.13. The molecule has 0 aromatic carbocycles. The fraction of sp³-hybridized carbons (Fsp3) is 0.800. The average Bonchev–Trinajstić information content (AvgIpc) is 2.63. The minimum Gasteiger partial charge on any atom is -0.297 e. The van der Waals surface area contributed by atoms with Crippen LogP contribution in [0.4, 0.5) is 0 Å². The van der Waals surface area contributed by atoms with Crippen molar-refractivity contribution >= 4 is 11.8 Å². The van der Waals surface area contributed by atoms with Gasteiger partial charge in [0, 0.05) is 18.8 Å².